The Morgan fingerprint density at radius 1 is 1.55 bits per heavy atom. The SMILES string of the molecule is CCCCC(=O)C1CC1(C)C. The fraction of sp³-hybridized carbons (Fsp3) is 0.900. The molecule has 1 atom stereocenters. The van der Waals surface area contributed by atoms with Crippen LogP contribution in [0.1, 0.15) is 46.5 Å². The van der Waals surface area contributed by atoms with Crippen molar-refractivity contribution in [3.05, 3.63) is 0 Å². The van der Waals surface area contributed by atoms with E-state index in [1.807, 2.05) is 0 Å². The Morgan fingerprint density at radius 2 is 2.09 bits per heavy atom. The lowest BCUT2D eigenvalue weighted by molar-refractivity contribution is -0.121. The van der Waals surface area contributed by atoms with E-state index in [9.17, 15) is 4.79 Å². The van der Waals surface area contributed by atoms with Crippen molar-refractivity contribution in [1.82, 2.24) is 0 Å². The monoisotopic (exact) mass is 154 g/mol. The maximum absolute atomic E-state index is 11.4. The quantitative estimate of drug-likeness (QED) is 0.608. The van der Waals surface area contributed by atoms with Crippen LogP contribution >= 0.6 is 0 Å². The van der Waals surface area contributed by atoms with E-state index in [0.717, 1.165) is 25.7 Å². The van der Waals surface area contributed by atoms with Gasteiger partial charge in [0.15, 0.2) is 0 Å². The number of hydrogen-bond acceptors (Lipinski definition) is 1. The third kappa shape index (κ3) is 2.05. The molecule has 1 saturated carbocycles. The van der Waals surface area contributed by atoms with E-state index in [1.165, 1.54) is 0 Å². The molecule has 0 amide bonds. The maximum atomic E-state index is 11.4. The Bertz CT molecular complexity index is 158. The van der Waals surface area contributed by atoms with E-state index in [4.69, 9.17) is 0 Å². The first-order valence-electron chi connectivity index (χ1n) is 4.60. The van der Waals surface area contributed by atoms with Gasteiger partial charge in [-0.3, -0.25) is 4.79 Å². The minimum Gasteiger partial charge on any atom is -0.299 e. The maximum Gasteiger partial charge on any atom is 0.136 e. The van der Waals surface area contributed by atoms with E-state index < -0.39 is 0 Å². The zero-order valence-electron chi connectivity index (χ0n) is 7.81. The van der Waals surface area contributed by atoms with Gasteiger partial charge in [0.25, 0.3) is 0 Å². The largest absolute Gasteiger partial charge is 0.299 e. The Kier molecular flexibility index (Phi) is 2.36. The van der Waals surface area contributed by atoms with Crippen LogP contribution in [0.25, 0.3) is 0 Å². The third-order valence-corrected chi connectivity index (χ3v) is 2.68. The molecule has 11 heavy (non-hydrogen) atoms. The Labute approximate surface area is 69.2 Å². The highest BCUT2D eigenvalue weighted by atomic mass is 16.1. The highest BCUT2D eigenvalue weighted by Gasteiger charge is 2.49. The average Bonchev–Trinajstić information content (AvgIpc) is 2.55. The predicted molar refractivity (Wildman–Crippen MR) is 46.4 cm³/mol. The number of carbonyl (C=O) groups excluding carboxylic acids is 1. The molecule has 1 rings (SSSR count). The van der Waals surface area contributed by atoms with Crippen molar-refractivity contribution in [3.63, 3.8) is 0 Å². The van der Waals surface area contributed by atoms with E-state index in [-0.39, 0.29) is 0 Å². The molecule has 0 bridgehead atoms. The zero-order chi connectivity index (χ0) is 8.48. The van der Waals surface area contributed by atoms with Crippen LogP contribution in [0.4, 0.5) is 0 Å². The van der Waals surface area contributed by atoms with Crippen LogP contribution in [0.15, 0.2) is 0 Å². The van der Waals surface area contributed by atoms with Crippen LogP contribution in [0.5, 0.6) is 0 Å². The summed E-state index contributed by atoms with van der Waals surface area (Å²) in [5.74, 6) is 0.894. The molecule has 1 fully saturated rings. The van der Waals surface area contributed by atoms with Crippen LogP contribution in [0.2, 0.25) is 0 Å². The van der Waals surface area contributed by atoms with Gasteiger partial charge >= 0.3 is 0 Å². The molecule has 64 valence electrons. The zero-order valence-corrected chi connectivity index (χ0v) is 7.81. The van der Waals surface area contributed by atoms with Crippen LogP contribution < -0.4 is 0 Å². The minimum atomic E-state index is 0.338. The van der Waals surface area contributed by atoms with Crippen molar-refractivity contribution in [2.45, 2.75) is 46.5 Å². The van der Waals surface area contributed by atoms with Crippen LogP contribution in [0, 0.1) is 11.3 Å². The van der Waals surface area contributed by atoms with Gasteiger partial charge in [-0.25, -0.2) is 0 Å². The highest BCUT2D eigenvalue weighted by molar-refractivity contribution is 5.84. The summed E-state index contributed by atoms with van der Waals surface area (Å²) in [5, 5.41) is 0. The molecule has 1 heteroatoms. The molecule has 0 saturated heterocycles. The first kappa shape index (κ1) is 8.76. The second-order valence-corrected chi connectivity index (χ2v) is 4.32. The summed E-state index contributed by atoms with van der Waals surface area (Å²) in [6.45, 7) is 6.49. The summed E-state index contributed by atoms with van der Waals surface area (Å²) in [4.78, 5) is 11.4. The fourth-order valence-electron chi connectivity index (χ4n) is 1.54. The normalized spacial score (nSPS) is 26.6. The van der Waals surface area contributed by atoms with Crippen molar-refractivity contribution in [2.75, 3.05) is 0 Å². The van der Waals surface area contributed by atoms with Gasteiger partial charge in [-0.2, -0.15) is 0 Å². The molecule has 0 spiro atoms. The number of rotatable bonds is 4. The Morgan fingerprint density at radius 3 is 2.45 bits per heavy atom. The second-order valence-electron chi connectivity index (χ2n) is 4.32. The molecule has 1 aliphatic rings. The van der Waals surface area contributed by atoms with Crippen molar-refractivity contribution in [2.24, 2.45) is 11.3 Å². The first-order chi connectivity index (χ1) is 5.08. The van der Waals surface area contributed by atoms with Crippen molar-refractivity contribution in [1.29, 1.82) is 0 Å². The summed E-state index contributed by atoms with van der Waals surface area (Å²) < 4.78 is 0. The lowest BCUT2D eigenvalue weighted by atomic mass is 10.0. The fourth-order valence-corrected chi connectivity index (χ4v) is 1.54. The molecular formula is C10H18O. The Balaban J connectivity index is 2.23. The highest BCUT2D eigenvalue weighted by Crippen LogP contribution is 2.52. The summed E-state index contributed by atoms with van der Waals surface area (Å²) in [7, 11) is 0. The lowest BCUT2D eigenvalue weighted by Gasteiger charge is -2.00. The molecule has 0 heterocycles. The number of unbranched alkanes of at least 4 members (excludes halogenated alkanes) is 1. The van der Waals surface area contributed by atoms with Crippen molar-refractivity contribution in [3.8, 4) is 0 Å². The van der Waals surface area contributed by atoms with Gasteiger partial charge in [-0.05, 0) is 18.3 Å². The standard InChI is InChI=1S/C10H18O/c1-4-5-6-9(11)8-7-10(8,2)3/h8H,4-7H2,1-3H3. The number of ketones is 1. The molecule has 0 aromatic heterocycles. The Hall–Kier alpha value is -0.330. The molecule has 0 N–H and O–H groups in total. The van der Waals surface area contributed by atoms with Crippen molar-refractivity contribution >= 4 is 5.78 Å². The summed E-state index contributed by atoms with van der Waals surface area (Å²) >= 11 is 0. The van der Waals surface area contributed by atoms with Gasteiger partial charge in [-0.1, -0.05) is 27.2 Å². The van der Waals surface area contributed by atoms with Crippen LogP contribution in [0.3, 0.4) is 0 Å². The topological polar surface area (TPSA) is 17.1 Å². The predicted octanol–water partition coefficient (Wildman–Crippen LogP) is 2.79. The summed E-state index contributed by atoms with van der Waals surface area (Å²) in [6, 6.07) is 0. The van der Waals surface area contributed by atoms with Gasteiger partial charge in [0.05, 0.1) is 0 Å². The van der Waals surface area contributed by atoms with Gasteiger partial charge in [0, 0.05) is 12.3 Å². The molecular weight excluding hydrogens is 136 g/mol. The third-order valence-electron chi connectivity index (χ3n) is 2.68. The lowest BCUT2D eigenvalue weighted by Crippen LogP contribution is -2.05. The molecule has 1 aliphatic carbocycles. The van der Waals surface area contributed by atoms with E-state index in [1.54, 1.807) is 0 Å². The van der Waals surface area contributed by atoms with Gasteiger partial charge in [0.2, 0.25) is 0 Å². The molecule has 0 aromatic carbocycles. The summed E-state index contributed by atoms with van der Waals surface area (Å²) in [6.07, 6.45) is 4.14. The second kappa shape index (κ2) is 2.96. The number of Topliss-reactive ketones (excluding diaryl/α,β-unsaturated/α-hetero) is 1. The van der Waals surface area contributed by atoms with E-state index in [0.29, 0.717) is 17.1 Å². The number of hydrogen-bond donors (Lipinski definition) is 0. The minimum absolute atomic E-state index is 0.338. The van der Waals surface area contributed by atoms with Crippen molar-refractivity contribution < 1.29 is 4.79 Å². The van der Waals surface area contributed by atoms with E-state index in [2.05, 4.69) is 20.8 Å². The smallest absolute Gasteiger partial charge is 0.136 e. The molecule has 0 aromatic rings. The molecule has 1 unspecified atom stereocenters. The van der Waals surface area contributed by atoms with Gasteiger partial charge in [-0.15, -0.1) is 0 Å². The molecule has 0 radical (unpaired) electrons. The van der Waals surface area contributed by atoms with E-state index >= 15 is 0 Å². The van der Waals surface area contributed by atoms with Crippen LogP contribution in [-0.4, -0.2) is 5.78 Å². The molecule has 1 nitrogen and oxygen atoms in total. The number of carbonyl (C=O) groups is 1. The van der Waals surface area contributed by atoms with Crippen LogP contribution in [-0.2, 0) is 4.79 Å². The van der Waals surface area contributed by atoms with Gasteiger partial charge in [0.1, 0.15) is 5.78 Å². The first-order valence-corrected chi connectivity index (χ1v) is 4.60. The van der Waals surface area contributed by atoms with Gasteiger partial charge < -0.3 is 0 Å². The summed E-state index contributed by atoms with van der Waals surface area (Å²) in [5.41, 5.74) is 0.338. The molecule has 0 aliphatic heterocycles. The average molecular weight is 154 g/mol.